The molecule has 0 unspecified atom stereocenters. The van der Waals surface area contributed by atoms with Gasteiger partial charge in [-0.25, -0.2) is 18.4 Å². The zero-order valence-corrected chi connectivity index (χ0v) is 15.6. The minimum absolute atomic E-state index is 0.0684. The lowest BCUT2D eigenvalue weighted by Crippen LogP contribution is -2.59. The van der Waals surface area contributed by atoms with Crippen molar-refractivity contribution in [3.05, 3.63) is 46.8 Å². The molecule has 2 fully saturated rings. The molecule has 2 aromatic heterocycles. The fourth-order valence-electron chi connectivity index (χ4n) is 3.78. The van der Waals surface area contributed by atoms with E-state index >= 15 is 0 Å². The highest BCUT2D eigenvalue weighted by Gasteiger charge is 2.47. The van der Waals surface area contributed by atoms with Crippen molar-refractivity contribution in [2.75, 3.05) is 36.6 Å². The van der Waals surface area contributed by atoms with Crippen LogP contribution in [0.5, 0.6) is 5.75 Å². The summed E-state index contributed by atoms with van der Waals surface area (Å²) in [4.78, 5) is 24.5. The smallest absolute Gasteiger partial charge is 0.227 e. The van der Waals surface area contributed by atoms with Crippen LogP contribution in [0.3, 0.4) is 0 Å². The molecule has 2 aliphatic rings. The first-order valence-electron chi connectivity index (χ1n) is 8.61. The third kappa shape index (κ3) is 3.54. The fourth-order valence-corrected chi connectivity index (χ4v) is 5.79. The van der Waals surface area contributed by atoms with E-state index in [1.165, 1.54) is 19.4 Å². The Labute approximate surface area is 156 Å². The van der Waals surface area contributed by atoms with Crippen LogP contribution >= 0.6 is 0 Å². The predicted octanol–water partition coefficient (Wildman–Crippen LogP) is -0.0738. The van der Waals surface area contributed by atoms with Crippen molar-refractivity contribution in [2.24, 2.45) is 0 Å². The average Bonchev–Trinajstić information content (AvgIpc) is 2.98. The van der Waals surface area contributed by atoms with Crippen LogP contribution < -0.4 is 15.1 Å². The maximum absolute atomic E-state index is 12.3. The van der Waals surface area contributed by atoms with Crippen molar-refractivity contribution < 1.29 is 17.6 Å². The fraction of sp³-hybridized carbons (Fsp3) is 0.471. The number of methoxy groups -OCH3 is 1. The molecule has 144 valence electrons. The van der Waals surface area contributed by atoms with Crippen LogP contribution in [0.4, 0.5) is 5.95 Å². The van der Waals surface area contributed by atoms with E-state index < -0.39 is 9.84 Å². The van der Waals surface area contributed by atoms with Crippen molar-refractivity contribution in [1.82, 2.24) is 14.9 Å². The summed E-state index contributed by atoms with van der Waals surface area (Å²) in [5.41, 5.74) is -0.259. The summed E-state index contributed by atoms with van der Waals surface area (Å²) in [6, 6.07) is 2.69. The lowest BCUT2D eigenvalue weighted by molar-refractivity contribution is 0.146. The molecule has 10 heteroatoms. The van der Waals surface area contributed by atoms with E-state index in [-0.39, 0.29) is 34.8 Å². The topological polar surface area (TPSA) is 106 Å². The molecular weight excluding hydrogens is 372 g/mol. The number of piperazine rings is 1. The molecule has 2 saturated heterocycles. The molecule has 0 N–H and O–H groups in total. The van der Waals surface area contributed by atoms with Crippen molar-refractivity contribution in [3.8, 4) is 5.75 Å². The second-order valence-corrected chi connectivity index (χ2v) is 8.86. The minimum Gasteiger partial charge on any atom is -0.490 e. The van der Waals surface area contributed by atoms with Gasteiger partial charge in [0.1, 0.15) is 12.0 Å². The van der Waals surface area contributed by atoms with Crippen LogP contribution in [0.25, 0.3) is 0 Å². The SMILES string of the molecule is COc1coc(CN2CCN(c3ncccn3)[C@@H]3CS(=O)(=O)C[C@@H]32)cc1=O. The monoisotopic (exact) mass is 392 g/mol. The van der Waals surface area contributed by atoms with Crippen LogP contribution in [0, 0.1) is 0 Å². The Kier molecular flexibility index (Phi) is 4.60. The van der Waals surface area contributed by atoms with E-state index in [0.717, 1.165) is 0 Å². The minimum atomic E-state index is -3.17. The second kappa shape index (κ2) is 6.93. The quantitative estimate of drug-likeness (QED) is 0.706. The van der Waals surface area contributed by atoms with E-state index in [1.54, 1.807) is 18.5 Å². The number of nitrogens with zero attached hydrogens (tertiary/aromatic N) is 4. The zero-order valence-electron chi connectivity index (χ0n) is 14.8. The van der Waals surface area contributed by atoms with Gasteiger partial charge in [-0.05, 0) is 6.07 Å². The molecule has 2 atom stereocenters. The molecule has 0 radical (unpaired) electrons. The summed E-state index contributed by atoms with van der Waals surface area (Å²) in [7, 11) is -1.76. The molecule has 0 bridgehead atoms. The summed E-state index contributed by atoms with van der Waals surface area (Å²) in [6.45, 7) is 1.57. The largest absolute Gasteiger partial charge is 0.490 e. The first-order valence-corrected chi connectivity index (χ1v) is 10.4. The molecular formula is C17H20N4O5S. The van der Waals surface area contributed by atoms with Gasteiger partial charge in [-0.15, -0.1) is 0 Å². The summed E-state index contributed by atoms with van der Waals surface area (Å²) in [5, 5.41) is 0. The Hall–Kier alpha value is -2.46. The summed E-state index contributed by atoms with van der Waals surface area (Å²) in [5.74, 6) is 1.31. The maximum atomic E-state index is 12.3. The highest BCUT2D eigenvalue weighted by molar-refractivity contribution is 7.91. The van der Waals surface area contributed by atoms with Gasteiger partial charge >= 0.3 is 0 Å². The van der Waals surface area contributed by atoms with Crippen LogP contribution in [-0.2, 0) is 16.4 Å². The first kappa shape index (κ1) is 17.9. The Morgan fingerprint density at radius 1 is 1.22 bits per heavy atom. The van der Waals surface area contributed by atoms with Crippen molar-refractivity contribution in [3.63, 3.8) is 0 Å². The van der Waals surface area contributed by atoms with Gasteiger partial charge in [0, 0.05) is 37.6 Å². The Balaban J connectivity index is 1.59. The van der Waals surface area contributed by atoms with Gasteiger partial charge < -0.3 is 14.1 Å². The van der Waals surface area contributed by atoms with Gasteiger partial charge in [0.15, 0.2) is 9.84 Å². The summed E-state index contributed by atoms with van der Waals surface area (Å²) in [6.07, 6.45) is 4.59. The number of anilines is 1. The molecule has 2 aromatic rings. The molecule has 0 aromatic carbocycles. The molecule has 0 saturated carbocycles. The van der Waals surface area contributed by atoms with Gasteiger partial charge in [0.25, 0.3) is 0 Å². The van der Waals surface area contributed by atoms with Crippen molar-refractivity contribution in [2.45, 2.75) is 18.6 Å². The highest BCUT2D eigenvalue weighted by Crippen LogP contribution is 2.30. The number of hydrogen-bond donors (Lipinski definition) is 0. The van der Waals surface area contributed by atoms with Crippen LogP contribution in [0.1, 0.15) is 5.76 Å². The van der Waals surface area contributed by atoms with Crippen LogP contribution in [-0.4, -0.2) is 67.1 Å². The number of fused-ring (bicyclic) bond motifs is 1. The molecule has 4 heterocycles. The van der Waals surface area contributed by atoms with Gasteiger partial charge in [0.05, 0.1) is 31.2 Å². The third-order valence-corrected chi connectivity index (χ3v) is 6.73. The van der Waals surface area contributed by atoms with E-state index in [0.29, 0.717) is 31.3 Å². The lowest BCUT2D eigenvalue weighted by Gasteiger charge is -2.43. The van der Waals surface area contributed by atoms with E-state index in [4.69, 9.17) is 9.15 Å². The molecule has 0 aliphatic carbocycles. The molecule has 2 aliphatic heterocycles. The number of hydrogen-bond acceptors (Lipinski definition) is 9. The highest BCUT2D eigenvalue weighted by atomic mass is 32.2. The van der Waals surface area contributed by atoms with Crippen LogP contribution in [0.2, 0.25) is 0 Å². The molecule has 9 nitrogen and oxygen atoms in total. The number of aromatic nitrogens is 2. The van der Waals surface area contributed by atoms with Crippen LogP contribution in [0.15, 0.2) is 40.0 Å². The Morgan fingerprint density at radius 2 is 1.96 bits per heavy atom. The second-order valence-electron chi connectivity index (χ2n) is 6.70. The average molecular weight is 392 g/mol. The Morgan fingerprint density at radius 3 is 2.67 bits per heavy atom. The van der Waals surface area contributed by atoms with E-state index in [1.807, 2.05) is 4.90 Å². The molecule has 0 spiro atoms. The molecule has 0 amide bonds. The summed E-state index contributed by atoms with van der Waals surface area (Å²) >= 11 is 0. The first-order chi connectivity index (χ1) is 13.0. The maximum Gasteiger partial charge on any atom is 0.227 e. The third-order valence-electron chi connectivity index (χ3n) is 5.03. The van der Waals surface area contributed by atoms with Gasteiger partial charge in [-0.3, -0.25) is 9.69 Å². The van der Waals surface area contributed by atoms with Gasteiger partial charge in [-0.2, -0.15) is 0 Å². The van der Waals surface area contributed by atoms with E-state index in [9.17, 15) is 13.2 Å². The lowest BCUT2D eigenvalue weighted by atomic mass is 10.0. The van der Waals surface area contributed by atoms with Crippen molar-refractivity contribution >= 4 is 15.8 Å². The number of rotatable bonds is 4. The molecule has 4 rings (SSSR count). The van der Waals surface area contributed by atoms with E-state index in [2.05, 4.69) is 14.9 Å². The summed E-state index contributed by atoms with van der Waals surface area (Å²) < 4.78 is 35.1. The molecule has 27 heavy (non-hydrogen) atoms. The zero-order chi connectivity index (χ0) is 19.0. The normalized spacial score (nSPS) is 24.6. The number of ether oxygens (including phenoxy) is 1. The van der Waals surface area contributed by atoms with Crippen molar-refractivity contribution in [1.29, 1.82) is 0 Å². The number of sulfone groups is 1. The standard InChI is InChI=1S/C17H20N4O5S/c1-25-16-9-26-12(7-15(16)22)8-20-5-6-21(17-18-3-2-4-19-17)14-11-27(23,24)10-13(14)20/h2-4,7,9,13-14H,5-6,8,10-11H2,1H3/t13-,14+/m0/s1. The Bertz CT molecular complexity index is 978. The predicted molar refractivity (Wildman–Crippen MR) is 97.5 cm³/mol. The van der Waals surface area contributed by atoms with Gasteiger partial charge in [-0.1, -0.05) is 0 Å². The van der Waals surface area contributed by atoms with Gasteiger partial charge in [0.2, 0.25) is 17.1 Å².